The highest BCUT2D eigenvalue weighted by atomic mass is 16.4. The van der Waals surface area contributed by atoms with Crippen LogP contribution >= 0.6 is 0 Å². The smallest absolute Gasteiger partial charge is 0.353 e. The van der Waals surface area contributed by atoms with Crippen molar-refractivity contribution in [2.24, 2.45) is 0 Å². The van der Waals surface area contributed by atoms with Crippen LogP contribution in [0.4, 0.5) is 0 Å². The molecule has 0 saturated heterocycles. The number of aromatic carboxylic acids is 1. The number of carboxylic acids is 1. The summed E-state index contributed by atoms with van der Waals surface area (Å²) in [4.78, 5) is 16.3. The highest BCUT2D eigenvalue weighted by Gasteiger charge is 2.23. The van der Waals surface area contributed by atoms with Crippen LogP contribution in [-0.4, -0.2) is 20.6 Å². The first kappa shape index (κ1) is 14.1. The van der Waals surface area contributed by atoms with Crippen molar-refractivity contribution in [1.29, 1.82) is 0 Å². The van der Waals surface area contributed by atoms with Crippen LogP contribution in [0.25, 0.3) is 22.2 Å². The van der Waals surface area contributed by atoms with Gasteiger partial charge in [-0.3, -0.25) is 4.98 Å². The first-order valence-corrected chi connectivity index (χ1v) is 7.02. The fourth-order valence-electron chi connectivity index (χ4n) is 2.71. The van der Waals surface area contributed by atoms with Crippen LogP contribution in [0.2, 0.25) is 0 Å². The molecule has 4 heteroatoms. The summed E-state index contributed by atoms with van der Waals surface area (Å²) >= 11 is 0. The Hall–Kier alpha value is -2.88. The van der Waals surface area contributed by atoms with Crippen LogP contribution in [0.5, 0.6) is 0 Å². The van der Waals surface area contributed by atoms with Crippen molar-refractivity contribution in [2.75, 3.05) is 0 Å². The lowest BCUT2D eigenvalue weighted by atomic mass is 10.0. The van der Waals surface area contributed by atoms with Crippen molar-refractivity contribution in [3.63, 3.8) is 0 Å². The Morgan fingerprint density at radius 3 is 2.68 bits per heavy atom. The molecular weight excluding hydrogens is 276 g/mol. The molecule has 0 spiro atoms. The molecule has 2 aromatic heterocycles. The third-order valence-electron chi connectivity index (χ3n) is 3.68. The van der Waals surface area contributed by atoms with E-state index in [0.717, 1.165) is 16.6 Å². The van der Waals surface area contributed by atoms with Crippen molar-refractivity contribution < 1.29 is 9.90 Å². The number of carboxylic acid groups (broad SMARTS) is 1. The Kier molecular flexibility index (Phi) is 3.51. The molecule has 0 amide bonds. The quantitative estimate of drug-likeness (QED) is 0.742. The van der Waals surface area contributed by atoms with Gasteiger partial charge in [0.2, 0.25) is 0 Å². The molecule has 0 aliphatic heterocycles. The number of aromatic nitrogens is 2. The number of aryl methyl sites for hydroxylation is 1. The summed E-state index contributed by atoms with van der Waals surface area (Å²) < 4.78 is 1.74. The molecule has 0 atom stereocenters. The Morgan fingerprint density at radius 1 is 1.32 bits per heavy atom. The molecular formula is C18H16N2O2. The van der Waals surface area contributed by atoms with E-state index in [1.165, 1.54) is 0 Å². The largest absolute Gasteiger partial charge is 0.477 e. The van der Waals surface area contributed by atoms with E-state index in [-0.39, 0.29) is 5.69 Å². The molecule has 0 aliphatic carbocycles. The second-order valence-corrected chi connectivity index (χ2v) is 5.17. The summed E-state index contributed by atoms with van der Waals surface area (Å²) in [5.74, 6) is -0.963. The van der Waals surface area contributed by atoms with E-state index in [1.54, 1.807) is 16.8 Å². The summed E-state index contributed by atoms with van der Waals surface area (Å²) in [7, 11) is 0. The van der Waals surface area contributed by atoms with E-state index in [0.29, 0.717) is 17.6 Å². The van der Waals surface area contributed by atoms with Crippen LogP contribution in [0, 0.1) is 6.92 Å². The van der Waals surface area contributed by atoms with E-state index < -0.39 is 5.97 Å². The molecule has 3 rings (SSSR count). The van der Waals surface area contributed by atoms with Gasteiger partial charge in [0.25, 0.3) is 0 Å². The van der Waals surface area contributed by atoms with E-state index in [2.05, 4.69) is 11.6 Å². The Morgan fingerprint density at radius 2 is 2.05 bits per heavy atom. The Bertz CT molecular complexity index is 861. The van der Waals surface area contributed by atoms with Gasteiger partial charge >= 0.3 is 5.97 Å². The zero-order valence-electron chi connectivity index (χ0n) is 12.3. The molecule has 0 bridgehead atoms. The minimum Gasteiger partial charge on any atom is -0.477 e. The highest BCUT2D eigenvalue weighted by molar-refractivity contribution is 6.06. The minimum atomic E-state index is -0.963. The van der Waals surface area contributed by atoms with Gasteiger partial charge < -0.3 is 9.67 Å². The van der Waals surface area contributed by atoms with E-state index >= 15 is 0 Å². The van der Waals surface area contributed by atoms with Crippen LogP contribution < -0.4 is 0 Å². The van der Waals surface area contributed by atoms with Gasteiger partial charge in [0.15, 0.2) is 0 Å². The zero-order valence-corrected chi connectivity index (χ0v) is 12.3. The maximum Gasteiger partial charge on any atom is 0.353 e. The molecule has 1 aromatic carbocycles. The number of hydrogen-bond donors (Lipinski definition) is 1. The SMILES string of the molecule is C=CCn1c(C(=O)O)c(-c2ccc(C)cc2)c2ncccc21. The highest BCUT2D eigenvalue weighted by Crippen LogP contribution is 2.34. The lowest BCUT2D eigenvalue weighted by molar-refractivity contribution is 0.0687. The zero-order chi connectivity index (χ0) is 15.7. The predicted octanol–water partition coefficient (Wildman–Crippen LogP) is 3.90. The minimum absolute atomic E-state index is 0.248. The van der Waals surface area contributed by atoms with Gasteiger partial charge in [0.05, 0.1) is 11.0 Å². The van der Waals surface area contributed by atoms with Gasteiger partial charge in [0, 0.05) is 18.3 Å². The average Bonchev–Trinajstić information content (AvgIpc) is 2.84. The van der Waals surface area contributed by atoms with Gasteiger partial charge in [-0.1, -0.05) is 35.9 Å². The van der Waals surface area contributed by atoms with Crippen LogP contribution in [-0.2, 0) is 6.54 Å². The van der Waals surface area contributed by atoms with E-state index in [4.69, 9.17) is 0 Å². The molecule has 4 nitrogen and oxygen atoms in total. The number of allylic oxidation sites excluding steroid dienone is 1. The lowest BCUT2D eigenvalue weighted by Gasteiger charge is -2.06. The van der Waals surface area contributed by atoms with E-state index in [1.807, 2.05) is 43.3 Å². The number of carbonyl (C=O) groups is 1. The summed E-state index contributed by atoms with van der Waals surface area (Å²) in [6.07, 6.45) is 3.38. The Labute approximate surface area is 128 Å². The van der Waals surface area contributed by atoms with Gasteiger partial charge in [0.1, 0.15) is 5.69 Å². The molecule has 0 aliphatic rings. The summed E-state index contributed by atoms with van der Waals surface area (Å²) in [6, 6.07) is 11.5. The predicted molar refractivity (Wildman–Crippen MR) is 87.1 cm³/mol. The van der Waals surface area contributed by atoms with Crippen LogP contribution in [0.3, 0.4) is 0 Å². The number of hydrogen-bond acceptors (Lipinski definition) is 2. The molecule has 0 saturated carbocycles. The second kappa shape index (κ2) is 5.48. The van der Waals surface area contributed by atoms with Crippen molar-refractivity contribution >= 4 is 17.0 Å². The molecule has 110 valence electrons. The van der Waals surface area contributed by atoms with Crippen LogP contribution in [0.1, 0.15) is 16.1 Å². The number of rotatable bonds is 4. The molecule has 0 radical (unpaired) electrons. The maximum atomic E-state index is 11.8. The van der Waals surface area contributed by atoms with Gasteiger partial charge in [-0.15, -0.1) is 6.58 Å². The summed E-state index contributed by atoms with van der Waals surface area (Å²) in [6.45, 7) is 6.15. The number of nitrogens with zero attached hydrogens (tertiary/aromatic N) is 2. The number of benzene rings is 1. The first-order chi connectivity index (χ1) is 10.6. The molecule has 2 heterocycles. The third-order valence-corrected chi connectivity index (χ3v) is 3.68. The van der Waals surface area contributed by atoms with E-state index in [9.17, 15) is 9.90 Å². The Balaban J connectivity index is 2.41. The molecule has 0 unspecified atom stereocenters. The van der Waals surface area contributed by atoms with Crippen molar-refractivity contribution in [2.45, 2.75) is 13.5 Å². The first-order valence-electron chi connectivity index (χ1n) is 7.02. The van der Waals surface area contributed by atoms with Gasteiger partial charge in [-0.25, -0.2) is 4.79 Å². The average molecular weight is 292 g/mol. The molecule has 1 N–H and O–H groups in total. The number of fused-ring (bicyclic) bond motifs is 1. The standard InChI is InChI=1S/C18H16N2O2/c1-3-11-20-14-5-4-10-19-16(14)15(17(20)18(21)22)13-8-6-12(2)7-9-13/h3-10H,1,11H2,2H3,(H,21,22). The van der Waals surface area contributed by atoms with Gasteiger partial charge in [-0.05, 0) is 24.6 Å². The van der Waals surface area contributed by atoms with Crippen molar-refractivity contribution in [1.82, 2.24) is 9.55 Å². The third kappa shape index (κ3) is 2.19. The lowest BCUT2D eigenvalue weighted by Crippen LogP contribution is -2.08. The fourth-order valence-corrected chi connectivity index (χ4v) is 2.71. The second-order valence-electron chi connectivity index (χ2n) is 5.17. The monoisotopic (exact) mass is 292 g/mol. The summed E-state index contributed by atoms with van der Waals surface area (Å²) in [5.41, 5.74) is 4.39. The van der Waals surface area contributed by atoms with Crippen molar-refractivity contribution in [3.8, 4) is 11.1 Å². The van der Waals surface area contributed by atoms with Crippen molar-refractivity contribution in [3.05, 3.63) is 66.5 Å². The van der Waals surface area contributed by atoms with Crippen LogP contribution in [0.15, 0.2) is 55.3 Å². The summed E-state index contributed by atoms with van der Waals surface area (Å²) in [5, 5.41) is 9.71. The maximum absolute atomic E-state index is 11.8. The normalized spacial score (nSPS) is 10.8. The molecule has 22 heavy (non-hydrogen) atoms. The molecule has 3 aromatic rings. The topological polar surface area (TPSA) is 55.1 Å². The van der Waals surface area contributed by atoms with Gasteiger partial charge in [-0.2, -0.15) is 0 Å². The number of pyridine rings is 1. The fraction of sp³-hybridized carbons (Fsp3) is 0.111. The molecule has 0 fully saturated rings.